The molecule has 10 heteroatoms. The van der Waals surface area contributed by atoms with Crippen LogP contribution in [0.2, 0.25) is 0 Å². The number of amides is 1. The fourth-order valence-electron chi connectivity index (χ4n) is 5.66. The Hall–Kier alpha value is -3.92. The lowest BCUT2D eigenvalue weighted by molar-refractivity contribution is -0.127. The second kappa shape index (κ2) is 11.9. The third kappa shape index (κ3) is 6.07. The van der Waals surface area contributed by atoms with E-state index in [1.165, 1.54) is 12.1 Å². The lowest BCUT2D eigenvalue weighted by Crippen LogP contribution is -2.38. The van der Waals surface area contributed by atoms with Crippen LogP contribution in [0.15, 0.2) is 58.5 Å². The summed E-state index contributed by atoms with van der Waals surface area (Å²) in [6, 6.07) is 5.72. The molecule has 0 radical (unpaired) electrons. The SMILES string of the molecule is CN/C=C1/C/C(=C(/N)C(=O)N2CCCC2C)C(=NCC2CC2)c2cnc(N)c(c2)O[C@H](C)c2cc(F)ccc2C1N. The van der Waals surface area contributed by atoms with Crippen LogP contribution in [0.25, 0.3) is 0 Å². The lowest BCUT2D eigenvalue weighted by Gasteiger charge is -2.28. The maximum absolute atomic E-state index is 14.5. The van der Waals surface area contributed by atoms with Gasteiger partial charge in [0.25, 0.3) is 5.91 Å². The van der Waals surface area contributed by atoms with Crippen LogP contribution < -0.4 is 27.3 Å². The minimum absolute atomic E-state index is 0.0933. The maximum Gasteiger partial charge on any atom is 0.270 e. The van der Waals surface area contributed by atoms with Gasteiger partial charge in [-0.1, -0.05) is 6.07 Å². The van der Waals surface area contributed by atoms with Gasteiger partial charge in [0.05, 0.1) is 11.8 Å². The number of rotatable bonds is 4. The van der Waals surface area contributed by atoms with Crippen molar-refractivity contribution in [2.45, 2.75) is 64.1 Å². The molecule has 218 valence electrons. The molecule has 2 unspecified atom stereocenters. The predicted molar refractivity (Wildman–Crippen MR) is 159 cm³/mol. The minimum atomic E-state index is -0.648. The lowest BCUT2D eigenvalue weighted by atomic mass is 9.86. The molecular formula is C31H40FN7O2. The van der Waals surface area contributed by atoms with E-state index in [4.69, 9.17) is 26.9 Å². The summed E-state index contributed by atoms with van der Waals surface area (Å²) in [7, 11) is 1.79. The normalized spacial score (nSPS) is 26.2. The molecule has 41 heavy (non-hydrogen) atoms. The Morgan fingerprint density at radius 2 is 2.02 bits per heavy atom. The molecule has 1 saturated heterocycles. The van der Waals surface area contributed by atoms with Crippen LogP contribution in [0.5, 0.6) is 5.75 Å². The van der Waals surface area contributed by atoms with E-state index in [0.717, 1.165) is 31.3 Å². The topological polar surface area (TPSA) is 145 Å². The van der Waals surface area contributed by atoms with E-state index < -0.39 is 18.0 Å². The second-order valence-electron chi connectivity index (χ2n) is 11.3. The number of nitrogen functional groups attached to an aromatic ring is 1. The van der Waals surface area contributed by atoms with Crippen molar-refractivity contribution in [3.63, 3.8) is 0 Å². The molecule has 2 fully saturated rings. The largest absolute Gasteiger partial charge is 0.482 e. The van der Waals surface area contributed by atoms with Crippen molar-refractivity contribution in [1.29, 1.82) is 0 Å². The summed E-state index contributed by atoms with van der Waals surface area (Å²) < 4.78 is 20.8. The van der Waals surface area contributed by atoms with Crippen LogP contribution in [0.1, 0.15) is 74.8 Å². The Labute approximate surface area is 240 Å². The molecule has 0 spiro atoms. The first-order chi connectivity index (χ1) is 19.7. The smallest absolute Gasteiger partial charge is 0.270 e. The molecule has 1 saturated carbocycles. The Balaban J connectivity index is 1.74. The standard InChI is InChI=1S/C31H40FN7O2/c1-17-5-4-10-39(17)31(40)28(34)25-11-20(15-36-3)27(33)23-9-8-22(32)13-24(23)18(2)41-26-12-21(16-38-30(26)35)29(25)37-14-19-6-7-19/h8-9,12-13,15-19,27,36H,4-7,10-11,14,33-34H2,1-3H3,(H2,35,38)/b20-15-,28-25-,37-29?/t17?,18-,27?/m1/s1. The van der Waals surface area contributed by atoms with Gasteiger partial charge in [-0.15, -0.1) is 0 Å². The number of anilines is 1. The first kappa shape index (κ1) is 28.6. The van der Waals surface area contributed by atoms with Gasteiger partial charge in [0.2, 0.25) is 0 Å². The van der Waals surface area contributed by atoms with Gasteiger partial charge in [-0.25, -0.2) is 9.37 Å². The summed E-state index contributed by atoms with van der Waals surface area (Å²) in [6.45, 7) is 5.13. The Bertz CT molecular complexity index is 1420. The summed E-state index contributed by atoms with van der Waals surface area (Å²) in [5.74, 6) is 0.404. The molecule has 2 bridgehead atoms. The number of fused-ring (bicyclic) bond motifs is 3. The number of pyridine rings is 1. The van der Waals surface area contributed by atoms with Crippen LogP contribution in [-0.4, -0.2) is 47.7 Å². The third-order valence-electron chi connectivity index (χ3n) is 8.25. The van der Waals surface area contributed by atoms with Crippen molar-refractivity contribution < 1.29 is 13.9 Å². The van der Waals surface area contributed by atoms with Gasteiger partial charge in [-0.05, 0) is 81.0 Å². The van der Waals surface area contributed by atoms with Gasteiger partial charge in [0.15, 0.2) is 11.6 Å². The number of hydrogen-bond acceptors (Lipinski definition) is 8. The highest BCUT2D eigenvalue weighted by atomic mass is 19.1. The van der Waals surface area contributed by atoms with Crippen molar-refractivity contribution in [1.82, 2.24) is 15.2 Å². The van der Waals surface area contributed by atoms with Crippen molar-refractivity contribution in [3.8, 4) is 5.75 Å². The molecule has 3 aliphatic rings. The van der Waals surface area contributed by atoms with Crippen LogP contribution >= 0.6 is 0 Å². The zero-order valence-corrected chi connectivity index (χ0v) is 24.0. The Kier molecular flexibility index (Phi) is 8.30. The molecule has 2 aliphatic heterocycles. The Morgan fingerprint density at radius 3 is 2.71 bits per heavy atom. The number of carbonyl (C=O) groups is 1. The van der Waals surface area contributed by atoms with Gasteiger partial charge < -0.3 is 32.2 Å². The fraction of sp³-hybridized carbons (Fsp3) is 0.452. The van der Waals surface area contributed by atoms with Crippen molar-refractivity contribution in [2.24, 2.45) is 22.4 Å². The molecule has 1 aromatic carbocycles. The van der Waals surface area contributed by atoms with Crippen molar-refractivity contribution in [2.75, 3.05) is 25.9 Å². The van der Waals surface area contributed by atoms with Crippen LogP contribution in [-0.2, 0) is 4.79 Å². The second-order valence-corrected chi connectivity index (χ2v) is 11.3. The third-order valence-corrected chi connectivity index (χ3v) is 8.25. The molecule has 9 nitrogen and oxygen atoms in total. The summed E-state index contributed by atoms with van der Waals surface area (Å²) in [4.78, 5) is 25.1. The summed E-state index contributed by atoms with van der Waals surface area (Å²) in [6.07, 6.45) is 7.22. The van der Waals surface area contributed by atoms with E-state index in [-0.39, 0.29) is 29.9 Å². The van der Waals surface area contributed by atoms with Gasteiger partial charge in [0.1, 0.15) is 17.6 Å². The number of ether oxygens (including phenoxy) is 1. The number of nitrogens with one attached hydrogen (secondary N) is 1. The van der Waals surface area contributed by atoms with Gasteiger partial charge in [-0.3, -0.25) is 9.79 Å². The number of halogens is 1. The summed E-state index contributed by atoms with van der Waals surface area (Å²) >= 11 is 0. The van der Waals surface area contributed by atoms with Gasteiger partial charge in [-0.2, -0.15) is 0 Å². The van der Waals surface area contributed by atoms with Gasteiger partial charge in [0, 0.05) is 55.5 Å². The maximum atomic E-state index is 14.5. The minimum Gasteiger partial charge on any atom is -0.482 e. The van der Waals surface area contributed by atoms with Gasteiger partial charge >= 0.3 is 0 Å². The fourth-order valence-corrected chi connectivity index (χ4v) is 5.66. The molecule has 5 rings (SSSR count). The predicted octanol–water partition coefficient (Wildman–Crippen LogP) is 3.87. The molecule has 1 aliphatic carbocycles. The van der Waals surface area contributed by atoms with E-state index >= 15 is 0 Å². The summed E-state index contributed by atoms with van der Waals surface area (Å²) in [5.41, 5.74) is 23.9. The molecule has 1 amide bonds. The molecule has 3 heterocycles. The molecule has 2 aromatic rings. The van der Waals surface area contributed by atoms with E-state index in [1.807, 2.05) is 24.9 Å². The first-order valence-corrected chi connectivity index (χ1v) is 14.4. The molecule has 7 N–H and O–H groups in total. The zero-order valence-electron chi connectivity index (χ0n) is 24.0. The number of hydrogen-bond donors (Lipinski definition) is 4. The number of aromatic nitrogens is 1. The number of carbonyl (C=O) groups excluding carboxylic acids is 1. The van der Waals surface area contributed by atoms with E-state index in [0.29, 0.717) is 52.7 Å². The van der Waals surface area contributed by atoms with E-state index in [9.17, 15) is 9.18 Å². The first-order valence-electron chi connectivity index (χ1n) is 14.4. The van der Waals surface area contributed by atoms with Crippen LogP contribution in [0.4, 0.5) is 10.2 Å². The average Bonchev–Trinajstić information content (AvgIpc) is 3.69. The highest BCUT2D eigenvalue weighted by Gasteiger charge is 2.32. The quantitative estimate of drug-likeness (QED) is 0.415. The highest BCUT2D eigenvalue weighted by Crippen LogP contribution is 2.37. The van der Waals surface area contributed by atoms with Crippen LogP contribution in [0.3, 0.4) is 0 Å². The molecule has 1 aromatic heterocycles. The number of aliphatic imine (C=N–C) groups is 1. The van der Waals surface area contributed by atoms with E-state index in [2.05, 4.69) is 10.3 Å². The van der Waals surface area contributed by atoms with Crippen molar-refractivity contribution in [3.05, 3.63) is 76.0 Å². The highest BCUT2D eigenvalue weighted by molar-refractivity contribution is 6.16. The number of nitrogens with zero attached hydrogens (tertiary/aromatic N) is 3. The molecule has 3 atom stereocenters. The van der Waals surface area contributed by atoms with E-state index in [1.54, 1.807) is 25.4 Å². The monoisotopic (exact) mass is 561 g/mol. The Morgan fingerprint density at radius 1 is 1.24 bits per heavy atom. The molecular weight excluding hydrogens is 521 g/mol. The average molecular weight is 562 g/mol. The zero-order chi connectivity index (χ0) is 29.3. The van der Waals surface area contributed by atoms with Crippen LogP contribution in [0, 0.1) is 11.7 Å². The van der Waals surface area contributed by atoms with Crippen molar-refractivity contribution >= 4 is 17.4 Å². The number of allylic oxidation sites excluding steroid dienone is 1. The number of nitrogens with two attached hydrogens (primary N) is 3. The number of benzene rings is 1. The number of likely N-dealkylation sites (tertiary alicyclic amines) is 1. The summed E-state index contributed by atoms with van der Waals surface area (Å²) in [5, 5.41) is 3.10.